The van der Waals surface area contributed by atoms with Gasteiger partial charge in [0.1, 0.15) is 6.10 Å². The zero-order valence-corrected chi connectivity index (χ0v) is 17.3. The second kappa shape index (κ2) is 8.52. The molecule has 2 atom stereocenters. The van der Waals surface area contributed by atoms with Crippen LogP contribution in [0.25, 0.3) is 0 Å². The van der Waals surface area contributed by atoms with Crippen molar-refractivity contribution in [3.63, 3.8) is 0 Å². The van der Waals surface area contributed by atoms with Crippen molar-refractivity contribution in [3.8, 4) is 0 Å². The molecule has 3 aliphatic heterocycles. The van der Waals surface area contributed by atoms with Gasteiger partial charge in [0.15, 0.2) is 0 Å². The molecule has 0 saturated carbocycles. The molecule has 5 heteroatoms. The van der Waals surface area contributed by atoms with Crippen LogP contribution in [0, 0.1) is 13.8 Å². The number of nitrogens with one attached hydrogen (secondary N) is 1. The molecule has 4 rings (SSSR count). The van der Waals surface area contributed by atoms with E-state index in [0.717, 1.165) is 58.2 Å². The summed E-state index contributed by atoms with van der Waals surface area (Å²) in [7, 11) is 0. The molecule has 3 aliphatic rings. The summed E-state index contributed by atoms with van der Waals surface area (Å²) in [6.07, 6.45) is 6.08. The van der Waals surface area contributed by atoms with Crippen LogP contribution in [0.5, 0.6) is 0 Å². The van der Waals surface area contributed by atoms with Gasteiger partial charge in [-0.3, -0.25) is 9.69 Å². The summed E-state index contributed by atoms with van der Waals surface area (Å²) in [5.41, 5.74) is 4.18. The average Bonchev–Trinajstić information content (AvgIpc) is 3.36. The van der Waals surface area contributed by atoms with Gasteiger partial charge in [0.2, 0.25) is 5.91 Å². The number of amides is 1. The van der Waals surface area contributed by atoms with Gasteiger partial charge >= 0.3 is 0 Å². The zero-order chi connectivity index (χ0) is 19.6. The first kappa shape index (κ1) is 19.9. The molecule has 3 saturated heterocycles. The standard InChI is InChI=1S/C23H34N2O3/c1-17-5-6-18(2)19(14-17)16-25-11-9-23(10-12-25)8-7-20(28-23)15-24-22(26)21-4-3-13-27-21/h5-6,14,20-21H,3-4,7-13,15-16H2,1-2H3,(H,24,26)/t20-,21+/m0/s1. The summed E-state index contributed by atoms with van der Waals surface area (Å²) in [6, 6.07) is 6.73. The van der Waals surface area contributed by atoms with Crippen molar-refractivity contribution in [1.82, 2.24) is 10.2 Å². The average molecular weight is 387 g/mol. The monoisotopic (exact) mass is 386 g/mol. The maximum atomic E-state index is 12.1. The summed E-state index contributed by atoms with van der Waals surface area (Å²) in [5.74, 6) is 0.0328. The molecule has 28 heavy (non-hydrogen) atoms. The quantitative estimate of drug-likeness (QED) is 0.845. The van der Waals surface area contributed by atoms with Gasteiger partial charge in [-0.05, 0) is 63.5 Å². The predicted molar refractivity (Wildman–Crippen MR) is 109 cm³/mol. The van der Waals surface area contributed by atoms with Crippen molar-refractivity contribution in [2.24, 2.45) is 0 Å². The molecule has 154 valence electrons. The molecule has 0 aliphatic carbocycles. The minimum absolute atomic E-state index is 0.0252. The number of ether oxygens (including phenoxy) is 2. The highest BCUT2D eigenvalue weighted by Crippen LogP contribution is 2.39. The van der Waals surface area contributed by atoms with Crippen LogP contribution in [0.4, 0.5) is 0 Å². The van der Waals surface area contributed by atoms with E-state index < -0.39 is 0 Å². The van der Waals surface area contributed by atoms with Crippen molar-refractivity contribution >= 4 is 5.91 Å². The Hall–Kier alpha value is -1.43. The molecule has 0 bridgehead atoms. The summed E-state index contributed by atoms with van der Waals surface area (Å²) in [6.45, 7) is 8.90. The Kier molecular flexibility index (Phi) is 6.04. The van der Waals surface area contributed by atoms with Crippen LogP contribution in [0.1, 0.15) is 55.2 Å². The fraction of sp³-hybridized carbons (Fsp3) is 0.696. The van der Waals surface area contributed by atoms with Crippen LogP contribution in [-0.2, 0) is 20.8 Å². The summed E-state index contributed by atoms with van der Waals surface area (Å²) < 4.78 is 11.9. The Morgan fingerprint density at radius 3 is 2.79 bits per heavy atom. The van der Waals surface area contributed by atoms with E-state index in [0.29, 0.717) is 13.2 Å². The van der Waals surface area contributed by atoms with E-state index in [1.807, 2.05) is 0 Å². The number of likely N-dealkylation sites (tertiary alicyclic amines) is 1. The van der Waals surface area contributed by atoms with Crippen molar-refractivity contribution in [3.05, 3.63) is 34.9 Å². The zero-order valence-electron chi connectivity index (χ0n) is 17.3. The molecule has 1 N–H and O–H groups in total. The van der Waals surface area contributed by atoms with Gasteiger partial charge in [0.25, 0.3) is 0 Å². The third-order valence-corrected chi connectivity index (χ3v) is 6.73. The Balaban J connectivity index is 1.23. The molecule has 3 fully saturated rings. The lowest BCUT2D eigenvalue weighted by atomic mass is 9.88. The first-order valence-electron chi connectivity index (χ1n) is 10.9. The fourth-order valence-corrected chi connectivity index (χ4v) is 4.85. The van der Waals surface area contributed by atoms with Crippen molar-refractivity contribution in [1.29, 1.82) is 0 Å². The molecular formula is C23H34N2O3. The Bertz CT molecular complexity index is 691. The van der Waals surface area contributed by atoms with Gasteiger partial charge in [-0.2, -0.15) is 0 Å². The second-order valence-corrected chi connectivity index (χ2v) is 8.91. The number of carbonyl (C=O) groups excluding carboxylic acids is 1. The fourth-order valence-electron chi connectivity index (χ4n) is 4.85. The minimum atomic E-state index is -0.247. The maximum Gasteiger partial charge on any atom is 0.249 e. The van der Waals surface area contributed by atoms with E-state index in [2.05, 4.69) is 42.3 Å². The van der Waals surface area contributed by atoms with Crippen molar-refractivity contribution < 1.29 is 14.3 Å². The number of aryl methyl sites for hydroxylation is 2. The van der Waals surface area contributed by atoms with Crippen LogP contribution in [0.15, 0.2) is 18.2 Å². The van der Waals surface area contributed by atoms with E-state index >= 15 is 0 Å². The lowest BCUT2D eigenvalue weighted by Crippen LogP contribution is -2.45. The van der Waals surface area contributed by atoms with Gasteiger partial charge in [-0.15, -0.1) is 0 Å². The first-order valence-corrected chi connectivity index (χ1v) is 10.9. The number of benzene rings is 1. The van der Waals surface area contributed by atoms with E-state index in [9.17, 15) is 4.79 Å². The number of piperidine rings is 1. The van der Waals surface area contributed by atoms with E-state index in [1.54, 1.807) is 0 Å². The predicted octanol–water partition coefficient (Wildman–Crippen LogP) is 3.11. The number of rotatable bonds is 5. The molecular weight excluding hydrogens is 352 g/mol. The molecule has 0 unspecified atom stereocenters. The van der Waals surface area contributed by atoms with Crippen molar-refractivity contribution in [2.75, 3.05) is 26.2 Å². The van der Waals surface area contributed by atoms with Crippen LogP contribution in [0.2, 0.25) is 0 Å². The van der Waals surface area contributed by atoms with Gasteiger partial charge < -0.3 is 14.8 Å². The maximum absolute atomic E-state index is 12.1. The topological polar surface area (TPSA) is 50.8 Å². The summed E-state index contributed by atoms with van der Waals surface area (Å²) in [5, 5.41) is 3.04. The smallest absolute Gasteiger partial charge is 0.249 e. The molecule has 1 aromatic rings. The highest BCUT2D eigenvalue weighted by atomic mass is 16.5. The van der Waals surface area contributed by atoms with Crippen LogP contribution in [-0.4, -0.2) is 54.9 Å². The minimum Gasteiger partial charge on any atom is -0.370 e. The number of nitrogens with zero attached hydrogens (tertiary/aromatic N) is 1. The highest BCUT2D eigenvalue weighted by molar-refractivity contribution is 5.80. The van der Waals surface area contributed by atoms with Crippen LogP contribution in [0.3, 0.4) is 0 Å². The van der Waals surface area contributed by atoms with E-state index in [-0.39, 0.29) is 23.7 Å². The summed E-state index contributed by atoms with van der Waals surface area (Å²) in [4.78, 5) is 14.7. The highest BCUT2D eigenvalue weighted by Gasteiger charge is 2.42. The van der Waals surface area contributed by atoms with Gasteiger partial charge in [-0.1, -0.05) is 23.8 Å². The molecule has 0 aromatic heterocycles. The lowest BCUT2D eigenvalue weighted by molar-refractivity contribution is -0.131. The number of hydrogen-bond donors (Lipinski definition) is 1. The third kappa shape index (κ3) is 4.58. The Morgan fingerprint density at radius 2 is 2.04 bits per heavy atom. The van der Waals surface area contributed by atoms with Gasteiger partial charge in [0.05, 0.1) is 11.7 Å². The molecule has 1 aromatic carbocycles. The lowest BCUT2D eigenvalue weighted by Gasteiger charge is -2.39. The van der Waals surface area contributed by atoms with Crippen molar-refractivity contribution in [2.45, 2.75) is 76.7 Å². The van der Waals surface area contributed by atoms with Gasteiger partial charge in [0, 0.05) is 32.8 Å². The number of hydrogen-bond acceptors (Lipinski definition) is 4. The largest absolute Gasteiger partial charge is 0.370 e. The summed E-state index contributed by atoms with van der Waals surface area (Å²) >= 11 is 0. The van der Waals surface area contributed by atoms with Gasteiger partial charge in [-0.25, -0.2) is 0 Å². The normalized spacial score (nSPS) is 27.4. The molecule has 5 nitrogen and oxygen atoms in total. The first-order chi connectivity index (χ1) is 13.5. The van der Waals surface area contributed by atoms with E-state index in [4.69, 9.17) is 9.47 Å². The molecule has 1 amide bonds. The van der Waals surface area contributed by atoms with Crippen LogP contribution >= 0.6 is 0 Å². The number of carbonyl (C=O) groups is 1. The molecule has 0 radical (unpaired) electrons. The molecule has 1 spiro atoms. The molecule has 3 heterocycles. The van der Waals surface area contributed by atoms with Crippen LogP contribution < -0.4 is 5.32 Å². The SMILES string of the molecule is Cc1ccc(C)c(CN2CCC3(CC[C@@H](CNC(=O)[C@H]4CCCO4)O3)CC2)c1. The Morgan fingerprint density at radius 1 is 1.21 bits per heavy atom. The third-order valence-electron chi connectivity index (χ3n) is 6.73. The Labute approximate surface area is 168 Å². The second-order valence-electron chi connectivity index (χ2n) is 8.91. The van der Waals surface area contributed by atoms with E-state index in [1.165, 1.54) is 16.7 Å².